The molecule has 100 valence electrons. The van der Waals surface area contributed by atoms with Crippen molar-refractivity contribution in [2.75, 3.05) is 11.9 Å². The van der Waals surface area contributed by atoms with Gasteiger partial charge in [0.05, 0.1) is 17.3 Å². The summed E-state index contributed by atoms with van der Waals surface area (Å²) in [5.41, 5.74) is 1.35. The summed E-state index contributed by atoms with van der Waals surface area (Å²) in [5, 5.41) is 5.60. The maximum Gasteiger partial charge on any atom is 0.257 e. The Bertz CT molecular complexity index is 598. The zero-order chi connectivity index (χ0) is 13.8. The van der Waals surface area contributed by atoms with E-state index in [1.54, 1.807) is 18.2 Å². The lowest BCUT2D eigenvalue weighted by Gasteiger charge is -2.07. The Morgan fingerprint density at radius 2 is 2.32 bits per heavy atom. The summed E-state index contributed by atoms with van der Waals surface area (Å²) in [5.74, 6) is 0.338. The van der Waals surface area contributed by atoms with Gasteiger partial charge in [0.25, 0.3) is 5.91 Å². The van der Waals surface area contributed by atoms with Crippen LogP contribution in [0.4, 0.5) is 5.13 Å². The van der Waals surface area contributed by atoms with E-state index in [1.807, 2.05) is 19.2 Å². The third kappa shape index (κ3) is 3.45. The highest BCUT2D eigenvalue weighted by Gasteiger charge is 2.11. The number of aryl methyl sites for hydroxylation is 1. The molecule has 2 rings (SSSR count). The average molecular weight is 297 g/mol. The van der Waals surface area contributed by atoms with Crippen molar-refractivity contribution in [3.05, 3.63) is 39.9 Å². The summed E-state index contributed by atoms with van der Waals surface area (Å²) in [7, 11) is 0. The van der Waals surface area contributed by atoms with Crippen molar-refractivity contribution in [3.63, 3.8) is 0 Å². The molecular formula is C13H13ClN2O2S. The van der Waals surface area contributed by atoms with Gasteiger partial charge in [0.2, 0.25) is 0 Å². The van der Waals surface area contributed by atoms with Crippen LogP contribution in [0, 0.1) is 6.92 Å². The topological polar surface area (TPSA) is 51.2 Å². The van der Waals surface area contributed by atoms with E-state index in [0.29, 0.717) is 28.1 Å². The van der Waals surface area contributed by atoms with Crippen LogP contribution < -0.4 is 10.1 Å². The molecule has 6 heteroatoms. The normalized spacial score (nSPS) is 10.3. The van der Waals surface area contributed by atoms with Gasteiger partial charge in [0, 0.05) is 10.9 Å². The number of aromatic nitrogens is 1. The first kappa shape index (κ1) is 13.8. The van der Waals surface area contributed by atoms with Gasteiger partial charge in [-0.15, -0.1) is 11.3 Å². The maximum atomic E-state index is 12.0. The van der Waals surface area contributed by atoms with Crippen LogP contribution in [-0.4, -0.2) is 17.5 Å². The van der Waals surface area contributed by atoms with Crippen LogP contribution in [0.2, 0.25) is 5.02 Å². The molecule has 0 aliphatic heterocycles. The lowest BCUT2D eigenvalue weighted by Crippen LogP contribution is -2.11. The van der Waals surface area contributed by atoms with Gasteiger partial charge in [0.15, 0.2) is 5.13 Å². The fourth-order valence-corrected chi connectivity index (χ4v) is 2.41. The zero-order valence-electron chi connectivity index (χ0n) is 10.6. The smallest absolute Gasteiger partial charge is 0.257 e. The molecule has 0 unspecified atom stereocenters. The summed E-state index contributed by atoms with van der Waals surface area (Å²) in [6.07, 6.45) is 0. The second-order valence-corrected chi connectivity index (χ2v) is 5.09. The van der Waals surface area contributed by atoms with Crippen LogP contribution in [0.3, 0.4) is 0 Å². The Hall–Kier alpha value is -1.59. The van der Waals surface area contributed by atoms with E-state index >= 15 is 0 Å². The van der Waals surface area contributed by atoms with Gasteiger partial charge in [-0.1, -0.05) is 11.6 Å². The SMILES string of the molecule is CCOc1ccc(C(=O)Nc2nc(C)cs2)cc1Cl. The molecule has 1 aromatic carbocycles. The number of ether oxygens (including phenoxy) is 1. The molecule has 0 saturated heterocycles. The number of nitrogens with one attached hydrogen (secondary N) is 1. The molecule has 0 atom stereocenters. The van der Waals surface area contributed by atoms with E-state index in [0.717, 1.165) is 5.69 Å². The third-order valence-corrected chi connectivity index (χ3v) is 3.50. The molecule has 0 bridgehead atoms. The van der Waals surface area contributed by atoms with Crippen molar-refractivity contribution in [2.24, 2.45) is 0 Å². The molecule has 1 heterocycles. The highest BCUT2D eigenvalue weighted by molar-refractivity contribution is 7.13. The number of hydrogen-bond acceptors (Lipinski definition) is 4. The number of benzene rings is 1. The summed E-state index contributed by atoms with van der Waals surface area (Å²) in [6, 6.07) is 4.95. The molecule has 2 aromatic rings. The first-order chi connectivity index (χ1) is 9.10. The Kier molecular flexibility index (Phi) is 4.39. The van der Waals surface area contributed by atoms with Crippen LogP contribution in [0.5, 0.6) is 5.75 Å². The number of anilines is 1. The summed E-state index contributed by atoms with van der Waals surface area (Å²) in [4.78, 5) is 16.2. The monoisotopic (exact) mass is 296 g/mol. The van der Waals surface area contributed by atoms with Gasteiger partial charge in [-0.3, -0.25) is 10.1 Å². The first-order valence-electron chi connectivity index (χ1n) is 5.76. The Morgan fingerprint density at radius 3 is 2.89 bits per heavy atom. The van der Waals surface area contributed by atoms with Gasteiger partial charge < -0.3 is 4.74 Å². The summed E-state index contributed by atoms with van der Waals surface area (Å²) < 4.78 is 5.32. The van der Waals surface area contributed by atoms with E-state index in [9.17, 15) is 4.79 Å². The minimum Gasteiger partial charge on any atom is -0.492 e. The molecule has 19 heavy (non-hydrogen) atoms. The van der Waals surface area contributed by atoms with Crippen molar-refractivity contribution >= 4 is 34.0 Å². The van der Waals surface area contributed by atoms with Gasteiger partial charge >= 0.3 is 0 Å². The fraction of sp³-hybridized carbons (Fsp3) is 0.231. The van der Waals surface area contributed by atoms with E-state index in [-0.39, 0.29) is 5.91 Å². The van der Waals surface area contributed by atoms with E-state index in [1.165, 1.54) is 11.3 Å². The Balaban J connectivity index is 2.13. The largest absolute Gasteiger partial charge is 0.492 e. The van der Waals surface area contributed by atoms with Crippen molar-refractivity contribution < 1.29 is 9.53 Å². The van der Waals surface area contributed by atoms with E-state index < -0.39 is 0 Å². The van der Waals surface area contributed by atoms with Crippen LogP contribution in [0.15, 0.2) is 23.6 Å². The average Bonchev–Trinajstić information content (AvgIpc) is 2.77. The summed E-state index contributed by atoms with van der Waals surface area (Å²) in [6.45, 7) is 4.28. The fourth-order valence-electron chi connectivity index (χ4n) is 1.50. The molecule has 0 aliphatic carbocycles. The van der Waals surface area contributed by atoms with Gasteiger partial charge in [0.1, 0.15) is 5.75 Å². The van der Waals surface area contributed by atoms with Crippen LogP contribution in [-0.2, 0) is 0 Å². The number of hydrogen-bond donors (Lipinski definition) is 1. The predicted molar refractivity (Wildman–Crippen MR) is 77.4 cm³/mol. The quantitative estimate of drug-likeness (QED) is 0.934. The number of carbonyl (C=O) groups is 1. The lowest BCUT2D eigenvalue weighted by atomic mass is 10.2. The molecule has 1 amide bonds. The number of thiazole rings is 1. The Morgan fingerprint density at radius 1 is 1.53 bits per heavy atom. The molecule has 0 aliphatic rings. The second kappa shape index (κ2) is 6.04. The molecule has 4 nitrogen and oxygen atoms in total. The number of rotatable bonds is 4. The molecule has 0 saturated carbocycles. The number of nitrogens with zero attached hydrogens (tertiary/aromatic N) is 1. The molecule has 0 radical (unpaired) electrons. The first-order valence-corrected chi connectivity index (χ1v) is 7.01. The van der Waals surface area contributed by atoms with Gasteiger partial charge in [-0.25, -0.2) is 4.98 Å². The molecule has 1 N–H and O–H groups in total. The standard InChI is InChI=1S/C13H13ClN2O2S/c1-3-18-11-5-4-9(6-10(11)14)12(17)16-13-15-8(2)7-19-13/h4-7H,3H2,1-2H3,(H,15,16,17). The van der Waals surface area contributed by atoms with Crippen LogP contribution >= 0.6 is 22.9 Å². The second-order valence-electron chi connectivity index (χ2n) is 3.83. The number of amides is 1. The summed E-state index contributed by atoms with van der Waals surface area (Å²) >= 11 is 7.43. The molecular weight excluding hydrogens is 284 g/mol. The van der Waals surface area contributed by atoms with Crippen molar-refractivity contribution in [3.8, 4) is 5.75 Å². The predicted octanol–water partition coefficient (Wildman–Crippen LogP) is 3.76. The molecule has 0 spiro atoms. The number of carbonyl (C=O) groups excluding carboxylic acids is 1. The molecule has 1 aromatic heterocycles. The zero-order valence-corrected chi connectivity index (χ0v) is 12.1. The number of halogens is 1. The van der Waals surface area contributed by atoms with Gasteiger partial charge in [-0.2, -0.15) is 0 Å². The minimum absolute atomic E-state index is 0.237. The third-order valence-electron chi connectivity index (χ3n) is 2.33. The van der Waals surface area contributed by atoms with Crippen molar-refractivity contribution in [2.45, 2.75) is 13.8 Å². The maximum absolute atomic E-state index is 12.0. The Labute approximate surface area is 120 Å². The van der Waals surface area contributed by atoms with E-state index in [2.05, 4.69) is 10.3 Å². The van der Waals surface area contributed by atoms with Crippen molar-refractivity contribution in [1.82, 2.24) is 4.98 Å². The van der Waals surface area contributed by atoms with E-state index in [4.69, 9.17) is 16.3 Å². The highest BCUT2D eigenvalue weighted by Crippen LogP contribution is 2.26. The van der Waals surface area contributed by atoms with Crippen LogP contribution in [0.1, 0.15) is 23.0 Å². The molecule has 0 fully saturated rings. The van der Waals surface area contributed by atoms with Gasteiger partial charge in [-0.05, 0) is 32.0 Å². The lowest BCUT2D eigenvalue weighted by molar-refractivity contribution is 0.102. The van der Waals surface area contributed by atoms with Crippen molar-refractivity contribution in [1.29, 1.82) is 0 Å². The van der Waals surface area contributed by atoms with Crippen LogP contribution in [0.25, 0.3) is 0 Å². The minimum atomic E-state index is -0.237. The highest BCUT2D eigenvalue weighted by atomic mass is 35.5.